The highest BCUT2D eigenvalue weighted by molar-refractivity contribution is 8.01. The van der Waals surface area contributed by atoms with E-state index in [2.05, 4.69) is 33.9 Å². The maximum absolute atomic E-state index is 11.0. The average molecular weight is 298 g/mol. The molecule has 0 atom stereocenters. The Kier molecular flexibility index (Phi) is 4.54. The molecule has 0 fully saturated rings. The number of methoxy groups -OCH3 is 1. The summed E-state index contributed by atoms with van der Waals surface area (Å²) in [5.41, 5.74) is 0.802. The lowest BCUT2D eigenvalue weighted by molar-refractivity contribution is -0.137. The number of ether oxygens (including phenoxy) is 1. The molecule has 0 bridgehead atoms. The second-order valence-corrected chi connectivity index (χ2v) is 6.21. The Morgan fingerprint density at radius 3 is 2.95 bits per heavy atom. The Morgan fingerprint density at radius 1 is 1.53 bits per heavy atom. The number of carbonyl (C=O) groups excluding carboxylic acids is 1. The smallest absolute Gasteiger partial charge is 0.316 e. The molecular weight excluding hydrogens is 284 g/mol. The molecule has 0 aliphatic carbocycles. The third-order valence-corrected chi connectivity index (χ3v) is 4.36. The van der Waals surface area contributed by atoms with E-state index in [1.165, 1.54) is 30.2 Å². The number of aromatic nitrogens is 4. The molecule has 2 heterocycles. The molecule has 2 aromatic rings. The number of rotatable bonds is 5. The van der Waals surface area contributed by atoms with Crippen LogP contribution in [0.15, 0.2) is 16.6 Å². The summed E-state index contributed by atoms with van der Waals surface area (Å²) in [5, 5.41) is 13.3. The number of carbonyl (C=O) groups is 1. The molecule has 0 N–H and O–H groups in total. The SMILES string of the molecule is COC(=O)CSc1nnc(-c2ccn(C(C)C)n2)s1. The van der Waals surface area contributed by atoms with Gasteiger partial charge in [0.15, 0.2) is 9.35 Å². The monoisotopic (exact) mass is 298 g/mol. The first-order chi connectivity index (χ1) is 9.10. The Morgan fingerprint density at radius 2 is 2.32 bits per heavy atom. The van der Waals surface area contributed by atoms with E-state index >= 15 is 0 Å². The average Bonchev–Trinajstić information content (AvgIpc) is 3.04. The van der Waals surface area contributed by atoms with Crippen LogP contribution in [-0.2, 0) is 9.53 Å². The highest BCUT2D eigenvalue weighted by Crippen LogP contribution is 2.28. The fourth-order valence-electron chi connectivity index (χ4n) is 1.29. The highest BCUT2D eigenvalue weighted by atomic mass is 32.2. The van der Waals surface area contributed by atoms with Gasteiger partial charge in [0.25, 0.3) is 0 Å². The van der Waals surface area contributed by atoms with Crippen molar-refractivity contribution >= 4 is 29.1 Å². The second-order valence-electron chi connectivity index (χ2n) is 4.01. The molecule has 2 rings (SSSR count). The Bertz CT molecular complexity index is 565. The Labute approximate surface area is 119 Å². The van der Waals surface area contributed by atoms with E-state index in [0.29, 0.717) is 6.04 Å². The summed E-state index contributed by atoms with van der Waals surface area (Å²) in [4.78, 5) is 11.0. The Balaban J connectivity index is 2.05. The molecule has 0 amide bonds. The number of esters is 1. The zero-order valence-electron chi connectivity index (χ0n) is 10.9. The quantitative estimate of drug-likeness (QED) is 0.623. The van der Waals surface area contributed by atoms with Crippen LogP contribution in [0.5, 0.6) is 0 Å². The van der Waals surface area contributed by atoms with Crippen molar-refractivity contribution in [3.8, 4) is 10.7 Å². The molecule has 2 aromatic heterocycles. The highest BCUT2D eigenvalue weighted by Gasteiger charge is 2.12. The normalized spacial score (nSPS) is 10.9. The lowest BCUT2D eigenvalue weighted by Gasteiger charge is -2.02. The fraction of sp³-hybridized carbons (Fsp3) is 0.455. The van der Waals surface area contributed by atoms with Crippen LogP contribution in [0.2, 0.25) is 0 Å². The number of hydrogen-bond acceptors (Lipinski definition) is 7. The molecule has 19 heavy (non-hydrogen) atoms. The van der Waals surface area contributed by atoms with Crippen molar-refractivity contribution in [3.63, 3.8) is 0 Å². The number of hydrogen-bond donors (Lipinski definition) is 0. The number of thioether (sulfide) groups is 1. The molecule has 0 aromatic carbocycles. The van der Waals surface area contributed by atoms with Gasteiger partial charge in [0.05, 0.1) is 12.9 Å². The second kappa shape index (κ2) is 6.16. The lowest BCUT2D eigenvalue weighted by Crippen LogP contribution is -2.02. The maximum Gasteiger partial charge on any atom is 0.316 e. The van der Waals surface area contributed by atoms with Gasteiger partial charge in [-0.2, -0.15) is 5.10 Å². The molecule has 0 radical (unpaired) electrons. The predicted octanol–water partition coefficient (Wildman–Crippen LogP) is 2.25. The minimum atomic E-state index is -0.272. The van der Waals surface area contributed by atoms with Crippen molar-refractivity contribution in [1.82, 2.24) is 20.0 Å². The largest absolute Gasteiger partial charge is 0.468 e. The zero-order valence-corrected chi connectivity index (χ0v) is 12.5. The molecule has 0 aliphatic heterocycles. The van der Waals surface area contributed by atoms with Crippen molar-refractivity contribution in [1.29, 1.82) is 0 Å². The third kappa shape index (κ3) is 3.54. The van der Waals surface area contributed by atoms with Gasteiger partial charge in [0, 0.05) is 12.2 Å². The van der Waals surface area contributed by atoms with Crippen LogP contribution in [-0.4, -0.2) is 38.8 Å². The maximum atomic E-state index is 11.0. The standard InChI is InChI=1S/C11H14N4O2S2/c1-7(2)15-5-4-8(14-15)10-12-13-11(19-10)18-6-9(16)17-3/h4-5,7H,6H2,1-3H3. The molecule has 0 saturated carbocycles. The van der Waals surface area contributed by atoms with Crippen molar-refractivity contribution in [2.45, 2.75) is 24.2 Å². The first-order valence-electron chi connectivity index (χ1n) is 5.69. The van der Waals surface area contributed by atoms with E-state index in [4.69, 9.17) is 0 Å². The molecule has 0 spiro atoms. The lowest BCUT2D eigenvalue weighted by atomic mass is 10.4. The van der Waals surface area contributed by atoms with E-state index in [1.807, 2.05) is 16.9 Å². The van der Waals surface area contributed by atoms with E-state index in [9.17, 15) is 4.79 Å². The van der Waals surface area contributed by atoms with Crippen molar-refractivity contribution in [2.75, 3.05) is 12.9 Å². The first kappa shape index (κ1) is 14.0. The molecule has 102 valence electrons. The summed E-state index contributed by atoms with van der Waals surface area (Å²) in [5.74, 6) is -0.0307. The van der Waals surface area contributed by atoms with Crippen LogP contribution in [0.1, 0.15) is 19.9 Å². The summed E-state index contributed by atoms with van der Waals surface area (Å²) >= 11 is 2.74. The van der Waals surface area contributed by atoms with E-state index in [0.717, 1.165) is 15.0 Å². The van der Waals surface area contributed by atoms with Crippen LogP contribution >= 0.6 is 23.1 Å². The van der Waals surface area contributed by atoms with Gasteiger partial charge in [-0.15, -0.1) is 10.2 Å². The van der Waals surface area contributed by atoms with Crippen LogP contribution in [0, 0.1) is 0 Å². The van der Waals surface area contributed by atoms with Gasteiger partial charge in [0.1, 0.15) is 5.69 Å². The zero-order chi connectivity index (χ0) is 13.8. The van der Waals surface area contributed by atoms with Crippen LogP contribution in [0.3, 0.4) is 0 Å². The number of nitrogens with zero attached hydrogens (tertiary/aromatic N) is 4. The molecule has 6 nitrogen and oxygen atoms in total. The molecule has 0 aliphatic rings. The van der Waals surface area contributed by atoms with Gasteiger partial charge in [-0.1, -0.05) is 23.1 Å². The van der Waals surface area contributed by atoms with Gasteiger partial charge in [0.2, 0.25) is 0 Å². The van der Waals surface area contributed by atoms with Crippen molar-refractivity contribution in [3.05, 3.63) is 12.3 Å². The van der Waals surface area contributed by atoms with Crippen molar-refractivity contribution in [2.24, 2.45) is 0 Å². The Hall–Kier alpha value is -1.41. The first-order valence-corrected chi connectivity index (χ1v) is 7.49. The van der Waals surface area contributed by atoms with E-state index in [-0.39, 0.29) is 11.7 Å². The van der Waals surface area contributed by atoms with E-state index < -0.39 is 0 Å². The summed E-state index contributed by atoms with van der Waals surface area (Å²) < 4.78 is 7.18. The van der Waals surface area contributed by atoms with Gasteiger partial charge < -0.3 is 4.74 Å². The molecular formula is C11H14N4O2S2. The topological polar surface area (TPSA) is 69.9 Å². The van der Waals surface area contributed by atoms with Crippen molar-refractivity contribution < 1.29 is 9.53 Å². The third-order valence-electron chi connectivity index (χ3n) is 2.30. The fourth-order valence-corrected chi connectivity index (χ4v) is 2.94. The van der Waals surface area contributed by atoms with Gasteiger partial charge in [-0.25, -0.2) is 0 Å². The van der Waals surface area contributed by atoms with E-state index in [1.54, 1.807) is 0 Å². The molecule has 0 unspecified atom stereocenters. The van der Waals surface area contributed by atoms with Crippen LogP contribution in [0.4, 0.5) is 0 Å². The molecule has 0 saturated heterocycles. The van der Waals surface area contributed by atoms with Gasteiger partial charge >= 0.3 is 5.97 Å². The van der Waals surface area contributed by atoms with Gasteiger partial charge in [-0.05, 0) is 19.9 Å². The minimum Gasteiger partial charge on any atom is -0.468 e. The summed E-state index contributed by atoms with van der Waals surface area (Å²) in [6, 6.07) is 2.23. The minimum absolute atomic E-state index is 0.242. The predicted molar refractivity (Wildman–Crippen MR) is 74.3 cm³/mol. The van der Waals surface area contributed by atoms with Crippen LogP contribution in [0.25, 0.3) is 10.7 Å². The summed E-state index contributed by atoms with van der Waals surface area (Å²) in [7, 11) is 1.37. The molecule has 8 heteroatoms. The van der Waals surface area contributed by atoms with Crippen LogP contribution < -0.4 is 0 Å². The van der Waals surface area contributed by atoms with Gasteiger partial charge in [-0.3, -0.25) is 9.48 Å². The summed E-state index contributed by atoms with van der Waals surface area (Å²) in [6.07, 6.45) is 1.92. The summed E-state index contributed by atoms with van der Waals surface area (Å²) in [6.45, 7) is 4.13.